The second-order valence-electron chi connectivity index (χ2n) is 4.08. The number of ketones is 1. The van der Waals surface area contributed by atoms with E-state index in [1.807, 2.05) is 0 Å². The Hall–Kier alpha value is -1.68. The maximum atomic E-state index is 13.6. The summed E-state index contributed by atoms with van der Waals surface area (Å²) in [4.78, 5) is 11.4. The van der Waals surface area contributed by atoms with Gasteiger partial charge in [0.25, 0.3) is 0 Å². The van der Waals surface area contributed by atoms with Crippen molar-refractivity contribution in [1.29, 1.82) is 0 Å². The Balaban J connectivity index is 2.17. The van der Waals surface area contributed by atoms with Crippen LogP contribution < -0.4 is 4.74 Å². The third kappa shape index (κ3) is 3.41. The molecule has 0 aliphatic rings. The molecule has 0 amide bonds. The normalized spacial score (nSPS) is 10.3. The first-order valence-electron chi connectivity index (χ1n) is 5.74. The van der Waals surface area contributed by atoms with E-state index in [4.69, 9.17) is 4.74 Å². The highest BCUT2D eigenvalue weighted by molar-refractivity contribution is 9.10. The van der Waals surface area contributed by atoms with Crippen molar-refractivity contribution in [3.8, 4) is 5.75 Å². The van der Waals surface area contributed by atoms with Crippen molar-refractivity contribution in [2.75, 3.05) is 0 Å². The Morgan fingerprint density at radius 1 is 1.26 bits per heavy atom. The highest BCUT2D eigenvalue weighted by Gasteiger charge is 2.09. The minimum atomic E-state index is -0.338. The minimum Gasteiger partial charge on any atom is -0.488 e. The number of carbonyl (C=O) groups is 1. The number of para-hydroxylation sites is 1. The Morgan fingerprint density at radius 2 is 2.00 bits per heavy atom. The number of carbonyl (C=O) groups excluding carboxylic acids is 1. The molecular weight excluding hydrogens is 311 g/mol. The van der Waals surface area contributed by atoms with Crippen LogP contribution in [0.3, 0.4) is 0 Å². The molecule has 0 fully saturated rings. The molecule has 2 aromatic rings. The molecule has 0 radical (unpaired) electrons. The Kier molecular flexibility index (Phi) is 4.32. The van der Waals surface area contributed by atoms with E-state index in [1.165, 1.54) is 13.0 Å². The zero-order valence-electron chi connectivity index (χ0n) is 10.3. The molecule has 0 aliphatic heterocycles. The lowest BCUT2D eigenvalue weighted by atomic mass is 10.1. The van der Waals surface area contributed by atoms with Crippen molar-refractivity contribution in [3.05, 3.63) is 63.9 Å². The van der Waals surface area contributed by atoms with Gasteiger partial charge in [-0.15, -0.1) is 0 Å². The lowest BCUT2D eigenvalue weighted by molar-refractivity contribution is 0.101. The molecule has 0 N–H and O–H groups in total. The van der Waals surface area contributed by atoms with E-state index in [2.05, 4.69) is 15.9 Å². The zero-order valence-corrected chi connectivity index (χ0v) is 11.9. The van der Waals surface area contributed by atoms with Gasteiger partial charge in [-0.25, -0.2) is 4.39 Å². The van der Waals surface area contributed by atoms with Crippen LogP contribution in [-0.2, 0) is 6.61 Å². The summed E-state index contributed by atoms with van der Waals surface area (Å²) in [5, 5.41) is 0. The summed E-state index contributed by atoms with van der Waals surface area (Å²) in [5.74, 6) is 0.0545. The van der Waals surface area contributed by atoms with Gasteiger partial charge in [0, 0.05) is 10.0 Å². The van der Waals surface area contributed by atoms with E-state index in [0.717, 1.165) is 0 Å². The van der Waals surface area contributed by atoms with Gasteiger partial charge in [-0.3, -0.25) is 4.79 Å². The second kappa shape index (κ2) is 5.97. The van der Waals surface area contributed by atoms with E-state index in [0.29, 0.717) is 21.3 Å². The first-order chi connectivity index (χ1) is 9.08. The monoisotopic (exact) mass is 322 g/mol. The fourth-order valence-electron chi connectivity index (χ4n) is 1.68. The Labute approximate surface area is 119 Å². The van der Waals surface area contributed by atoms with Crippen molar-refractivity contribution in [2.45, 2.75) is 13.5 Å². The lowest BCUT2D eigenvalue weighted by Crippen LogP contribution is -2.02. The fourth-order valence-corrected chi connectivity index (χ4v) is 2.01. The SMILES string of the molecule is CC(=O)c1ccccc1OCc1ccc(Br)cc1F. The van der Waals surface area contributed by atoms with Gasteiger partial charge in [-0.05, 0) is 31.2 Å². The van der Waals surface area contributed by atoms with Crippen LogP contribution in [0, 0.1) is 5.82 Å². The van der Waals surface area contributed by atoms with Crippen molar-refractivity contribution in [3.63, 3.8) is 0 Å². The molecule has 2 rings (SSSR count). The van der Waals surface area contributed by atoms with Crippen LogP contribution in [-0.4, -0.2) is 5.78 Å². The quantitative estimate of drug-likeness (QED) is 0.781. The molecule has 0 aliphatic carbocycles. The van der Waals surface area contributed by atoms with Gasteiger partial charge in [-0.1, -0.05) is 34.1 Å². The van der Waals surface area contributed by atoms with Gasteiger partial charge in [0.2, 0.25) is 0 Å². The molecule has 0 bridgehead atoms. The maximum Gasteiger partial charge on any atom is 0.163 e. The zero-order chi connectivity index (χ0) is 13.8. The van der Waals surface area contributed by atoms with Gasteiger partial charge in [0.15, 0.2) is 5.78 Å². The van der Waals surface area contributed by atoms with E-state index in [9.17, 15) is 9.18 Å². The van der Waals surface area contributed by atoms with Gasteiger partial charge in [0.05, 0.1) is 5.56 Å². The van der Waals surface area contributed by atoms with Crippen molar-refractivity contribution in [2.24, 2.45) is 0 Å². The summed E-state index contributed by atoms with van der Waals surface area (Å²) in [5.41, 5.74) is 0.946. The number of halogens is 2. The van der Waals surface area contributed by atoms with Gasteiger partial charge < -0.3 is 4.74 Å². The number of ether oxygens (including phenoxy) is 1. The molecule has 0 atom stereocenters. The molecular formula is C15H12BrFO2. The Bertz CT molecular complexity index is 611. The summed E-state index contributed by atoms with van der Waals surface area (Å²) in [6.45, 7) is 1.56. The van der Waals surface area contributed by atoms with Gasteiger partial charge in [0.1, 0.15) is 18.2 Å². The molecule has 0 saturated carbocycles. The molecule has 2 aromatic carbocycles. The summed E-state index contributed by atoms with van der Waals surface area (Å²) in [6.07, 6.45) is 0. The topological polar surface area (TPSA) is 26.3 Å². The van der Waals surface area contributed by atoms with E-state index in [1.54, 1.807) is 36.4 Å². The molecule has 19 heavy (non-hydrogen) atoms. The van der Waals surface area contributed by atoms with Crippen molar-refractivity contribution in [1.82, 2.24) is 0 Å². The van der Waals surface area contributed by atoms with Crippen LogP contribution in [0.1, 0.15) is 22.8 Å². The number of benzene rings is 2. The second-order valence-corrected chi connectivity index (χ2v) is 4.99. The molecule has 0 aromatic heterocycles. The third-order valence-corrected chi connectivity index (χ3v) is 3.16. The number of rotatable bonds is 4. The third-order valence-electron chi connectivity index (χ3n) is 2.66. The van der Waals surface area contributed by atoms with Crippen LogP contribution >= 0.6 is 15.9 Å². The first kappa shape index (κ1) is 13.7. The van der Waals surface area contributed by atoms with Crippen LogP contribution in [0.25, 0.3) is 0 Å². The predicted octanol–water partition coefficient (Wildman–Crippen LogP) is 4.37. The van der Waals surface area contributed by atoms with Crippen molar-refractivity contribution < 1.29 is 13.9 Å². The van der Waals surface area contributed by atoms with Crippen molar-refractivity contribution >= 4 is 21.7 Å². The highest BCUT2D eigenvalue weighted by atomic mass is 79.9. The largest absolute Gasteiger partial charge is 0.488 e. The molecule has 0 heterocycles. The van der Waals surface area contributed by atoms with Crippen LogP contribution in [0.2, 0.25) is 0 Å². The fraction of sp³-hybridized carbons (Fsp3) is 0.133. The maximum absolute atomic E-state index is 13.6. The molecule has 0 spiro atoms. The van der Waals surface area contributed by atoms with E-state index < -0.39 is 0 Å². The average molecular weight is 323 g/mol. The average Bonchev–Trinajstić information content (AvgIpc) is 2.38. The van der Waals surface area contributed by atoms with Gasteiger partial charge >= 0.3 is 0 Å². The summed E-state index contributed by atoms with van der Waals surface area (Å²) in [7, 11) is 0. The van der Waals surface area contributed by atoms with Gasteiger partial charge in [-0.2, -0.15) is 0 Å². The van der Waals surface area contributed by atoms with E-state index in [-0.39, 0.29) is 18.2 Å². The molecule has 2 nitrogen and oxygen atoms in total. The number of hydrogen-bond acceptors (Lipinski definition) is 2. The molecule has 4 heteroatoms. The molecule has 0 unspecified atom stereocenters. The summed E-state index contributed by atoms with van der Waals surface area (Å²) >= 11 is 3.20. The number of Topliss-reactive ketones (excluding diaryl/α,β-unsaturated/α-hetero) is 1. The lowest BCUT2D eigenvalue weighted by Gasteiger charge is -2.10. The van der Waals surface area contributed by atoms with Crippen LogP contribution in [0.4, 0.5) is 4.39 Å². The van der Waals surface area contributed by atoms with Crippen LogP contribution in [0.5, 0.6) is 5.75 Å². The molecule has 0 saturated heterocycles. The van der Waals surface area contributed by atoms with E-state index >= 15 is 0 Å². The first-order valence-corrected chi connectivity index (χ1v) is 6.54. The smallest absolute Gasteiger partial charge is 0.163 e. The standard InChI is InChI=1S/C15H12BrFO2/c1-10(18)13-4-2-3-5-15(13)19-9-11-6-7-12(16)8-14(11)17/h2-8H,9H2,1H3. The minimum absolute atomic E-state index is 0.0770. The Morgan fingerprint density at radius 3 is 2.68 bits per heavy atom. The highest BCUT2D eigenvalue weighted by Crippen LogP contribution is 2.21. The predicted molar refractivity (Wildman–Crippen MR) is 74.9 cm³/mol. The number of hydrogen-bond donors (Lipinski definition) is 0. The molecule has 98 valence electrons. The van der Waals surface area contributed by atoms with Crippen LogP contribution in [0.15, 0.2) is 46.9 Å². The summed E-state index contributed by atoms with van der Waals surface area (Å²) in [6, 6.07) is 11.7. The summed E-state index contributed by atoms with van der Waals surface area (Å²) < 4.78 is 19.8.